The lowest BCUT2D eigenvalue weighted by Crippen LogP contribution is -2.27. The number of benzene rings is 12. The van der Waals surface area contributed by atoms with Gasteiger partial charge in [-0.3, -0.25) is 28.5 Å². The fourth-order valence-corrected chi connectivity index (χ4v) is 13.2. The zero-order valence-electron chi connectivity index (χ0n) is 49.1. The first-order valence-corrected chi connectivity index (χ1v) is 30.9. The molecule has 0 saturated heterocycles. The van der Waals surface area contributed by atoms with Gasteiger partial charge in [0.25, 0.3) is 5.91 Å². The Hall–Kier alpha value is -12.1. The molecule has 93 heavy (non-hydrogen) atoms. The van der Waals surface area contributed by atoms with Crippen molar-refractivity contribution in [3.8, 4) is 57.1 Å². The van der Waals surface area contributed by atoms with Crippen molar-refractivity contribution in [2.45, 2.75) is 0 Å². The molecule has 0 radical (unpaired) electrons. The molecule has 0 aromatic heterocycles. The number of esters is 1. The van der Waals surface area contributed by atoms with E-state index in [2.05, 4.69) is 5.32 Å². The standard InChI is InChI=1S/C76H52NO15P/c78-59-25-18-47-35-56(16-13-50(47)38-59)75(84)77-58-23-30-62(31-24-58)88-43-68(81)53-6-5-7-54(37-53)70(83)45-90-72-33-32-63(41-74(72)93(86)73-11-4-2-9-66(73)65-8-1-3-10-71(65)92-93)89-42-67(80)46-20-27-61(28-21-46)87-44-69(82)55-15-12-52-40-64(29-22-49(52)34-55)91-76(85)57-17-14-51-39-60(79)26-19-48(51)36-57/h1-41,78-79H,42-45H2,(H,77,84). The number of fused-ring (bicyclic) bond motifs is 6. The Labute approximate surface area is 531 Å². The van der Waals surface area contributed by atoms with Crippen molar-refractivity contribution >= 4 is 91.0 Å². The van der Waals surface area contributed by atoms with Gasteiger partial charge >= 0.3 is 13.3 Å². The fourth-order valence-electron chi connectivity index (χ4n) is 10.8. The topological polar surface area (TPSA) is 227 Å². The second-order valence-electron chi connectivity index (χ2n) is 21.8. The maximum absolute atomic E-state index is 15.6. The Morgan fingerprint density at radius 1 is 0.366 bits per heavy atom. The molecular formula is C76H52NO15P. The van der Waals surface area contributed by atoms with Gasteiger partial charge in [0.15, 0.2) is 49.6 Å². The average Bonchev–Trinajstić information content (AvgIpc) is 0.762. The van der Waals surface area contributed by atoms with Gasteiger partial charge in [0.2, 0.25) is 0 Å². The Balaban J connectivity index is 0.633. The van der Waals surface area contributed by atoms with Gasteiger partial charge in [-0.25, -0.2) is 4.79 Å². The van der Waals surface area contributed by atoms with Crippen LogP contribution >= 0.6 is 7.37 Å². The molecule has 1 aliphatic rings. The van der Waals surface area contributed by atoms with E-state index in [1.54, 1.807) is 200 Å². The van der Waals surface area contributed by atoms with E-state index in [4.69, 9.17) is 28.2 Å². The van der Waals surface area contributed by atoms with Crippen LogP contribution in [0.2, 0.25) is 0 Å². The predicted octanol–water partition coefficient (Wildman–Crippen LogP) is 14.4. The van der Waals surface area contributed by atoms with Crippen LogP contribution in [0, 0.1) is 0 Å². The van der Waals surface area contributed by atoms with Crippen molar-refractivity contribution in [2.75, 3.05) is 31.7 Å². The number of carbonyl (C=O) groups is 6. The van der Waals surface area contributed by atoms with Crippen LogP contribution in [0.4, 0.5) is 5.69 Å². The van der Waals surface area contributed by atoms with Crippen molar-refractivity contribution in [3.05, 3.63) is 282 Å². The van der Waals surface area contributed by atoms with Crippen LogP contribution in [0.25, 0.3) is 43.4 Å². The number of carbonyl (C=O) groups excluding carboxylic acids is 6. The molecule has 16 nitrogen and oxygen atoms in total. The molecule has 0 aliphatic carbocycles. The Bertz CT molecular complexity index is 5040. The quantitative estimate of drug-likeness (QED) is 0.0263. The van der Waals surface area contributed by atoms with Crippen LogP contribution in [-0.2, 0) is 4.57 Å². The summed E-state index contributed by atoms with van der Waals surface area (Å²) in [5.74, 6) is -0.608. The summed E-state index contributed by atoms with van der Waals surface area (Å²) in [6.45, 7) is -1.61. The van der Waals surface area contributed by atoms with Crippen LogP contribution in [-0.4, -0.2) is 71.7 Å². The number of aromatic hydroxyl groups is 2. The first-order valence-electron chi connectivity index (χ1n) is 29.3. The Kier molecular flexibility index (Phi) is 16.6. The van der Waals surface area contributed by atoms with Gasteiger partial charge in [-0.15, -0.1) is 0 Å². The number of phenolic OH excluding ortho intramolecular Hbond substituents is 2. The summed E-state index contributed by atoms with van der Waals surface area (Å²) >= 11 is 0. The highest BCUT2D eigenvalue weighted by atomic mass is 31.2. The predicted molar refractivity (Wildman–Crippen MR) is 353 cm³/mol. The van der Waals surface area contributed by atoms with E-state index in [-0.39, 0.29) is 69.9 Å². The molecule has 3 N–H and O–H groups in total. The number of anilines is 1. The molecule has 1 amide bonds. The number of amides is 1. The molecule has 12 aromatic rings. The number of ketones is 4. The molecule has 12 aromatic carbocycles. The second kappa shape index (κ2) is 25.8. The van der Waals surface area contributed by atoms with Gasteiger partial charge < -0.3 is 43.7 Å². The molecule has 0 saturated carbocycles. The monoisotopic (exact) mass is 1250 g/mol. The molecule has 1 heterocycles. The highest BCUT2D eigenvalue weighted by Gasteiger charge is 2.40. The second-order valence-corrected chi connectivity index (χ2v) is 24.1. The highest BCUT2D eigenvalue weighted by molar-refractivity contribution is 7.75. The highest BCUT2D eigenvalue weighted by Crippen LogP contribution is 2.55. The summed E-state index contributed by atoms with van der Waals surface area (Å²) in [5, 5.41) is 27.5. The number of phenols is 2. The molecular weight excluding hydrogens is 1200 g/mol. The molecule has 13 rings (SSSR count). The SMILES string of the molecule is O=C(COc1ccc(OCC(=O)c2cccc(C(=O)COc3ccc(NC(=O)c4ccc5cc(O)ccc5c4)cc3)c2)c(P2(=O)Oc3ccccc3-c3ccccc32)c1)c1ccc(OCC(=O)c2ccc3cc(OC(=O)c4ccc5cc(O)ccc5c4)ccc3c2)cc1. The maximum Gasteiger partial charge on any atom is 0.343 e. The van der Waals surface area contributed by atoms with Crippen LogP contribution in [0.5, 0.6) is 46.0 Å². The van der Waals surface area contributed by atoms with Crippen LogP contribution in [0.15, 0.2) is 249 Å². The summed E-state index contributed by atoms with van der Waals surface area (Å²) in [7, 11) is -4.09. The first kappa shape index (κ1) is 59.8. The molecule has 1 aliphatic heterocycles. The van der Waals surface area contributed by atoms with Gasteiger partial charge in [0.05, 0.1) is 16.2 Å². The summed E-state index contributed by atoms with van der Waals surface area (Å²) in [6.07, 6.45) is 0. The fraction of sp³-hybridized carbons (Fsp3) is 0.0526. The summed E-state index contributed by atoms with van der Waals surface area (Å²) in [4.78, 5) is 80.4. The molecule has 0 bridgehead atoms. The molecule has 17 heteroatoms. The van der Waals surface area contributed by atoms with Crippen molar-refractivity contribution < 1.29 is 71.8 Å². The minimum absolute atomic E-state index is 0.0487. The van der Waals surface area contributed by atoms with Gasteiger partial charge in [-0.05, 0) is 190 Å². The number of rotatable bonds is 21. The van der Waals surface area contributed by atoms with Crippen LogP contribution < -0.4 is 44.1 Å². The van der Waals surface area contributed by atoms with E-state index < -0.39 is 43.9 Å². The average molecular weight is 1250 g/mol. The van der Waals surface area contributed by atoms with Crippen LogP contribution in [0.1, 0.15) is 62.1 Å². The van der Waals surface area contributed by atoms with Crippen LogP contribution in [0.3, 0.4) is 0 Å². The number of Topliss-reactive ketones (excluding diaryl/α,β-unsaturated/α-hetero) is 4. The van der Waals surface area contributed by atoms with Gasteiger partial charge in [-0.1, -0.05) is 97.1 Å². The van der Waals surface area contributed by atoms with Crippen molar-refractivity contribution in [3.63, 3.8) is 0 Å². The number of ether oxygens (including phenoxy) is 5. The zero-order chi connectivity index (χ0) is 64.2. The summed E-state index contributed by atoms with van der Waals surface area (Å²) in [5.41, 5.74) is 3.75. The third-order valence-corrected chi connectivity index (χ3v) is 18.1. The molecule has 0 fully saturated rings. The van der Waals surface area contributed by atoms with E-state index in [0.717, 1.165) is 37.9 Å². The molecule has 1 atom stereocenters. The lowest BCUT2D eigenvalue weighted by molar-refractivity contribution is 0.0733. The van der Waals surface area contributed by atoms with Gasteiger partial charge in [-0.2, -0.15) is 0 Å². The van der Waals surface area contributed by atoms with E-state index >= 15 is 4.57 Å². The van der Waals surface area contributed by atoms with Crippen molar-refractivity contribution in [1.82, 2.24) is 0 Å². The summed E-state index contributed by atoms with van der Waals surface area (Å²) in [6, 6.07) is 67.9. The van der Waals surface area contributed by atoms with Crippen molar-refractivity contribution in [2.24, 2.45) is 0 Å². The number of nitrogens with one attached hydrogen (secondary N) is 1. The summed E-state index contributed by atoms with van der Waals surface area (Å²) < 4.78 is 51.7. The lowest BCUT2D eigenvalue weighted by Gasteiger charge is -2.30. The molecule has 456 valence electrons. The number of para-hydroxylation sites is 1. The van der Waals surface area contributed by atoms with E-state index in [0.29, 0.717) is 56.2 Å². The number of hydrogen-bond acceptors (Lipinski definition) is 15. The minimum Gasteiger partial charge on any atom is -0.508 e. The van der Waals surface area contributed by atoms with E-state index in [1.807, 2.05) is 24.3 Å². The molecule has 0 spiro atoms. The third kappa shape index (κ3) is 13.2. The normalized spacial score (nSPS) is 13.0. The zero-order valence-corrected chi connectivity index (χ0v) is 50.0. The van der Waals surface area contributed by atoms with Gasteiger partial charge in [0, 0.05) is 39.1 Å². The Morgan fingerprint density at radius 2 is 0.828 bits per heavy atom. The Morgan fingerprint density at radius 3 is 1.49 bits per heavy atom. The third-order valence-electron chi connectivity index (χ3n) is 15.6. The molecule has 1 unspecified atom stereocenters. The van der Waals surface area contributed by atoms with Crippen molar-refractivity contribution in [1.29, 1.82) is 0 Å². The smallest absolute Gasteiger partial charge is 0.343 e. The maximum atomic E-state index is 15.6. The largest absolute Gasteiger partial charge is 0.508 e. The van der Waals surface area contributed by atoms with Gasteiger partial charge in [0.1, 0.15) is 46.0 Å². The van der Waals surface area contributed by atoms with E-state index in [9.17, 15) is 39.0 Å². The lowest BCUT2D eigenvalue weighted by atomic mass is 10.0. The minimum atomic E-state index is -4.09. The first-order chi connectivity index (χ1) is 45.2. The number of hydrogen-bond donors (Lipinski definition) is 3. The van der Waals surface area contributed by atoms with E-state index in [1.165, 1.54) is 24.3 Å².